The van der Waals surface area contributed by atoms with Crippen molar-refractivity contribution in [3.05, 3.63) is 35.9 Å². The molecule has 0 unspecified atom stereocenters. The average Bonchev–Trinajstić information content (AvgIpc) is 2.96. The Hall–Kier alpha value is -2.21. The largest absolute Gasteiger partial charge is 0.455 e. The smallest absolute Gasteiger partial charge is 0.355 e. The van der Waals surface area contributed by atoms with E-state index in [1.165, 1.54) is 0 Å². The summed E-state index contributed by atoms with van der Waals surface area (Å²) >= 11 is 0. The molecule has 0 saturated heterocycles. The van der Waals surface area contributed by atoms with Gasteiger partial charge in [0.05, 0.1) is 6.61 Å². The van der Waals surface area contributed by atoms with Gasteiger partial charge in [0.1, 0.15) is 23.1 Å². The van der Waals surface area contributed by atoms with E-state index in [1.54, 1.807) is 20.8 Å². The summed E-state index contributed by atoms with van der Waals surface area (Å²) < 4.78 is 10.9. The Morgan fingerprint density at radius 3 is 2.67 bits per heavy atom. The van der Waals surface area contributed by atoms with Gasteiger partial charge in [0.15, 0.2) is 0 Å². The number of carbonyl (C=O) groups excluding carboxylic acids is 2. The van der Waals surface area contributed by atoms with Crippen molar-refractivity contribution in [1.29, 1.82) is 0 Å². The number of hydrazone groups is 1. The lowest BCUT2D eigenvalue weighted by molar-refractivity contribution is -0.146. The highest BCUT2D eigenvalue weighted by Crippen LogP contribution is 2.21. The van der Waals surface area contributed by atoms with E-state index in [0.29, 0.717) is 19.6 Å². The quantitative estimate of drug-likeness (QED) is 0.471. The van der Waals surface area contributed by atoms with Gasteiger partial charge in [-0.3, -0.25) is 5.43 Å². The number of benzene rings is 1. The van der Waals surface area contributed by atoms with Gasteiger partial charge in [-0.05, 0) is 26.3 Å². The highest BCUT2D eigenvalue weighted by Gasteiger charge is 2.39. The average molecular weight is 332 g/mol. The number of nitrogens with one attached hydrogen (secondary N) is 1. The fourth-order valence-electron chi connectivity index (χ4n) is 2.30. The Kier molecular flexibility index (Phi) is 5.72. The number of carbonyl (C=O) groups is 2. The molecule has 0 saturated carbocycles. The summed E-state index contributed by atoms with van der Waals surface area (Å²) in [5, 5.41) is 3.99. The summed E-state index contributed by atoms with van der Waals surface area (Å²) in [4.78, 5) is 23.5. The second-order valence-corrected chi connectivity index (χ2v) is 6.91. The van der Waals surface area contributed by atoms with E-state index >= 15 is 0 Å². The number of hydrogen-bond acceptors (Lipinski definition) is 6. The van der Waals surface area contributed by atoms with E-state index < -0.39 is 17.1 Å². The van der Waals surface area contributed by atoms with Crippen molar-refractivity contribution in [2.75, 3.05) is 6.61 Å². The molecule has 0 amide bonds. The second-order valence-electron chi connectivity index (χ2n) is 6.91. The van der Waals surface area contributed by atoms with Crippen LogP contribution in [0.4, 0.5) is 0 Å². The zero-order chi connectivity index (χ0) is 17.6. The van der Waals surface area contributed by atoms with E-state index in [2.05, 4.69) is 10.5 Å². The highest BCUT2D eigenvalue weighted by molar-refractivity contribution is 6.37. The summed E-state index contributed by atoms with van der Waals surface area (Å²) in [6.45, 7) is 6.24. The van der Waals surface area contributed by atoms with Crippen LogP contribution in [0.5, 0.6) is 0 Å². The maximum Gasteiger partial charge on any atom is 0.355 e. The fraction of sp³-hybridized carbons (Fsp3) is 0.500. The monoisotopic (exact) mass is 332 g/mol. The predicted octanol–water partition coefficient (Wildman–Crippen LogP) is 2.22. The van der Waals surface area contributed by atoms with Crippen molar-refractivity contribution in [2.45, 2.75) is 51.4 Å². The van der Waals surface area contributed by atoms with E-state index in [9.17, 15) is 9.59 Å². The lowest BCUT2D eigenvalue weighted by Gasteiger charge is -2.22. The molecule has 24 heavy (non-hydrogen) atoms. The van der Waals surface area contributed by atoms with Gasteiger partial charge in [0.25, 0.3) is 0 Å². The Balaban J connectivity index is 1.81. The van der Waals surface area contributed by atoms with Crippen molar-refractivity contribution in [3.8, 4) is 0 Å². The maximum atomic E-state index is 12.0. The molecule has 0 bridgehead atoms. The number of rotatable bonds is 7. The molecule has 1 aromatic carbocycles. The van der Waals surface area contributed by atoms with Crippen LogP contribution >= 0.6 is 0 Å². The number of esters is 1. The molecule has 130 valence electrons. The molecule has 0 spiro atoms. The number of hydrogen-bond donors (Lipinski definition) is 1. The first-order chi connectivity index (χ1) is 11.3. The van der Waals surface area contributed by atoms with Gasteiger partial charge < -0.3 is 14.3 Å². The molecule has 1 aliphatic rings. The SMILES string of the molecule is CC(C)(C)OC(=O)C1=NN[C@](C=O)(CCOCc2ccccc2)C1. The molecule has 1 aromatic rings. The molecule has 1 atom stereocenters. The third-order valence-corrected chi connectivity index (χ3v) is 3.56. The minimum absolute atomic E-state index is 0.208. The van der Waals surface area contributed by atoms with Crippen molar-refractivity contribution in [2.24, 2.45) is 5.10 Å². The molecule has 6 nitrogen and oxygen atoms in total. The van der Waals surface area contributed by atoms with Gasteiger partial charge in [0, 0.05) is 19.4 Å². The lowest BCUT2D eigenvalue weighted by Crippen LogP contribution is -2.42. The molecule has 1 heterocycles. The first kappa shape index (κ1) is 18.1. The first-order valence-electron chi connectivity index (χ1n) is 7.99. The Morgan fingerprint density at radius 1 is 1.33 bits per heavy atom. The maximum absolute atomic E-state index is 12.0. The fourth-order valence-corrected chi connectivity index (χ4v) is 2.30. The topological polar surface area (TPSA) is 77.0 Å². The van der Waals surface area contributed by atoms with Crippen molar-refractivity contribution >= 4 is 18.0 Å². The zero-order valence-electron chi connectivity index (χ0n) is 14.4. The Bertz CT molecular complexity index is 607. The Morgan fingerprint density at radius 2 is 2.04 bits per heavy atom. The van der Waals surface area contributed by atoms with Gasteiger partial charge in [-0.1, -0.05) is 30.3 Å². The van der Waals surface area contributed by atoms with Crippen LogP contribution in [0.1, 0.15) is 39.2 Å². The molecule has 0 aromatic heterocycles. The summed E-state index contributed by atoms with van der Waals surface area (Å²) in [6, 6.07) is 9.80. The molecular weight excluding hydrogens is 308 g/mol. The van der Waals surface area contributed by atoms with E-state index in [4.69, 9.17) is 9.47 Å². The minimum Gasteiger partial charge on any atom is -0.455 e. The zero-order valence-corrected chi connectivity index (χ0v) is 14.4. The molecule has 0 radical (unpaired) electrons. The van der Waals surface area contributed by atoms with Crippen LogP contribution in [0.15, 0.2) is 35.4 Å². The van der Waals surface area contributed by atoms with Gasteiger partial charge in [-0.2, -0.15) is 5.10 Å². The number of nitrogens with zero attached hydrogens (tertiary/aromatic N) is 1. The lowest BCUT2D eigenvalue weighted by atomic mass is 9.93. The van der Waals surface area contributed by atoms with Crippen LogP contribution < -0.4 is 5.43 Å². The second kappa shape index (κ2) is 7.57. The van der Waals surface area contributed by atoms with Crippen LogP contribution in [0, 0.1) is 0 Å². The van der Waals surface area contributed by atoms with Gasteiger partial charge in [-0.15, -0.1) is 0 Å². The Labute approximate surface area is 142 Å². The molecule has 1 aliphatic heterocycles. The van der Waals surface area contributed by atoms with Crippen LogP contribution in [0.3, 0.4) is 0 Å². The third kappa shape index (κ3) is 5.16. The van der Waals surface area contributed by atoms with Crippen molar-refractivity contribution in [1.82, 2.24) is 5.43 Å². The van der Waals surface area contributed by atoms with E-state index in [1.807, 2.05) is 30.3 Å². The third-order valence-electron chi connectivity index (χ3n) is 3.56. The van der Waals surface area contributed by atoms with Crippen LogP contribution in [-0.4, -0.2) is 35.7 Å². The van der Waals surface area contributed by atoms with Crippen molar-refractivity contribution in [3.63, 3.8) is 0 Å². The standard InChI is InChI=1S/C18H24N2O4/c1-17(2,3)24-16(22)15-11-18(13-21,20-19-15)9-10-23-12-14-7-5-4-6-8-14/h4-8,13,20H,9-12H2,1-3H3/t18-/m1/s1. The van der Waals surface area contributed by atoms with Crippen LogP contribution in [0.2, 0.25) is 0 Å². The van der Waals surface area contributed by atoms with Gasteiger partial charge in [-0.25, -0.2) is 4.79 Å². The predicted molar refractivity (Wildman–Crippen MR) is 90.5 cm³/mol. The first-order valence-corrected chi connectivity index (χ1v) is 7.99. The molecule has 0 aliphatic carbocycles. The number of aldehydes is 1. The summed E-state index contributed by atoms with van der Waals surface area (Å²) in [5.74, 6) is -0.496. The molecule has 6 heteroatoms. The van der Waals surface area contributed by atoms with E-state index in [-0.39, 0.29) is 12.1 Å². The van der Waals surface area contributed by atoms with Gasteiger partial charge >= 0.3 is 5.97 Å². The van der Waals surface area contributed by atoms with E-state index in [0.717, 1.165) is 11.8 Å². The molecule has 2 rings (SSSR count). The highest BCUT2D eigenvalue weighted by atomic mass is 16.6. The molecule has 1 N–H and O–H groups in total. The summed E-state index contributed by atoms with van der Waals surface area (Å²) in [7, 11) is 0. The van der Waals surface area contributed by atoms with Crippen molar-refractivity contribution < 1.29 is 19.1 Å². The molecule has 0 fully saturated rings. The van der Waals surface area contributed by atoms with Gasteiger partial charge in [0.2, 0.25) is 0 Å². The number of ether oxygens (including phenoxy) is 2. The normalized spacial score (nSPS) is 20.2. The van der Waals surface area contributed by atoms with Crippen LogP contribution in [-0.2, 0) is 25.7 Å². The summed E-state index contributed by atoms with van der Waals surface area (Å²) in [6.07, 6.45) is 1.43. The minimum atomic E-state index is -0.900. The summed E-state index contributed by atoms with van der Waals surface area (Å²) in [5.41, 5.74) is 2.59. The molecular formula is C18H24N2O4. The van der Waals surface area contributed by atoms with Crippen LogP contribution in [0.25, 0.3) is 0 Å².